The minimum Gasteiger partial charge on any atom is -0.463 e. The minimum atomic E-state index is -1.10. The molecule has 0 radical (unpaired) electrons. The highest BCUT2D eigenvalue weighted by atomic mass is 16.5. The Bertz CT molecular complexity index is 1220. The van der Waals surface area contributed by atoms with Crippen LogP contribution in [0.1, 0.15) is 102 Å². The third-order valence-electron chi connectivity index (χ3n) is 10.2. The van der Waals surface area contributed by atoms with Crippen LogP contribution in [0.5, 0.6) is 0 Å². The number of carbonyl (C=O) groups is 6. The fourth-order valence-corrected chi connectivity index (χ4v) is 6.56. The average Bonchev–Trinajstić information content (AvgIpc) is 3.19. The highest BCUT2D eigenvalue weighted by Gasteiger charge is 2.70. The first-order chi connectivity index (χ1) is 20.9. The van der Waals surface area contributed by atoms with E-state index in [-0.39, 0.29) is 35.7 Å². The Balaban J connectivity index is 1.80. The van der Waals surface area contributed by atoms with Crippen LogP contribution in [0, 0.1) is 39.4 Å². The number of likely N-dealkylation sites (tertiary alicyclic amines) is 1. The molecule has 46 heavy (non-hydrogen) atoms. The molecule has 1 saturated heterocycles. The lowest BCUT2D eigenvalue weighted by molar-refractivity contribution is -0.154. The van der Waals surface area contributed by atoms with Gasteiger partial charge in [0.25, 0.3) is 5.91 Å². The molecule has 0 aromatic rings. The van der Waals surface area contributed by atoms with Gasteiger partial charge in [0.15, 0.2) is 0 Å². The molecular formula is C34H57N5O7. The largest absolute Gasteiger partial charge is 0.463 e. The van der Waals surface area contributed by atoms with Crippen molar-refractivity contribution in [2.45, 2.75) is 126 Å². The molecule has 5 amide bonds. The highest BCUT2D eigenvalue weighted by molar-refractivity contribution is 6.37. The molecule has 0 spiro atoms. The lowest BCUT2D eigenvalue weighted by Gasteiger charge is -2.39. The molecule has 0 bridgehead atoms. The van der Waals surface area contributed by atoms with Gasteiger partial charge in [0, 0.05) is 6.54 Å². The number of rotatable bonds is 11. The fourth-order valence-electron chi connectivity index (χ4n) is 6.56. The number of urea groups is 1. The van der Waals surface area contributed by atoms with Crippen LogP contribution in [0.3, 0.4) is 0 Å². The zero-order valence-corrected chi connectivity index (χ0v) is 29.7. The number of nitrogens with two attached hydrogens (primary N) is 1. The fraction of sp³-hybridized carbons (Fsp3) is 0.824. The Morgan fingerprint density at radius 1 is 0.891 bits per heavy atom. The number of amides is 5. The van der Waals surface area contributed by atoms with E-state index < -0.39 is 69.9 Å². The van der Waals surface area contributed by atoms with Gasteiger partial charge in [-0.2, -0.15) is 0 Å². The van der Waals surface area contributed by atoms with E-state index in [2.05, 4.69) is 29.8 Å². The third kappa shape index (κ3) is 8.39. The Morgan fingerprint density at radius 3 is 1.93 bits per heavy atom. The van der Waals surface area contributed by atoms with E-state index >= 15 is 0 Å². The summed E-state index contributed by atoms with van der Waals surface area (Å²) >= 11 is 0. The summed E-state index contributed by atoms with van der Waals surface area (Å²) in [6, 6.07) is -4.07. The second-order valence-electron chi connectivity index (χ2n) is 17.4. The van der Waals surface area contributed by atoms with Crippen molar-refractivity contribution >= 4 is 35.5 Å². The first-order valence-electron chi connectivity index (χ1n) is 16.6. The number of piperidine rings is 1. The number of fused-ring (bicyclic) bond motifs is 1. The van der Waals surface area contributed by atoms with Crippen LogP contribution in [0.25, 0.3) is 0 Å². The maximum absolute atomic E-state index is 14.3. The lowest BCUT2D eigenvalue weighted by atomic mass is 9.80. The van der Waals surface area contributed by atoms with E-state index in [0.717, 1.165) is 19.3 Å². The van der Waals surface area contributed by atoms with E-state index in [0.29, 0.717) is 13.0 Å². The highest BCUT2D eigenvalue weighted by Crippen LogP contribution is 2.65. The summed E-state index contributed by atoms with van der Waals surface area (Å²) in [5.41, 5.74) is 3.23. The molecule has 2 aliphatic carbocycles. The lowest BCUT2D eigenvalue weighted by Crippen LogP contribution is -2.62. The van der Waals surface area contributed by atoms with Crippen molar-refractivity contribution in [2.75, 3.05) is 13.2 Å². The number of primary amides is 1. The van der Waals surface area contributed by atoms with Gasteiger partial charge in [-0.3, -0.25) is 24.0 Å². The quantitative estimate of drug-likeness (QED) is 0.197. The second-order valence-corrected chi connectivity index (χ2v) is 17.4. The summed E-state index contributed by atoms with van der Waals surface area (Å²) in [6.07, 6.45) is 3.20. The van der Waals surface area contributed by atoms with Crippen molar-refractivity contribution in [1.82, 2.24) is 20.9 Å². The number of esters is 1. The van der Waals surface area contributed by atoms with Gasteiger partial charge in [0.2, 0.25) is 17.6 Å². The van der Waals surface area contributed by atoms with Crippen molar-refractivity contribution in [3.8, 4) is 0 Å². The molecule has 3 aliphatic rings. The van der Waals surface area contributed by atoms with Gasteiger partial charge in [-0.1, -0.05) is 74.7 Å². The Kier molecular flexibility index (Phi) is 10.6. The molecule has 3 rings (SSSR count). The molecule has 1 unspecified atom stereocenters. The van der Waals surface area contributed by atoms with Crippen LogP contribution >= 0.6 is 0 Å². The molecule has 1 heterocycles. The number of nitrogens with zero attached hydrogens (tertiary/aromatic N) is 1. The number of hydrogen-bond donors (Lipinski definition) is 4. The number of ketones is 1. The van der Waals surface area contributed by atoms with E-state index in [4.69, 9.17) is 10.5 Å². The summed E-state index contributed by atoms with van der Waals surface area (Å²) in [4.78, 5) is 80.1. The van der Waals surface area contributed by atoms with Gasteiger partial charge >= 0.3 is 12.0 Å². The zero-order chi connectivity index (χ0) is 35.2. The number of hydrogen-bond acceptors (Lipinski definition) is 7. The number of carbonyl (C=O) groups excluding carboxylic acids is 6. The number of nitrogens with one attached hydrogen (secondary N) is 3. The summed E-state index contributed by atoms with van der Waals surface area (Å²) in [6.45, 7) is 20.9. The first-order valence-corrected chi connectivity index (χ1v) is 16.6. The number of ether oxygens (including phenoxy) is 1. The molecule has 0 aromatic carbocycles. The van der Waals surface area contributed by atoms with E-state index in [9.17, 15) is 28.8 Å². The van der Waals surface area contributed by atoms with Gasteiger partial charge in [-0.25, -0.2) is 4.79 Å². The third-order valence-corrected chi connectivity index (χ3v) is 10.2. The maximum atomic E-state index is 14.3. The molecule has 0 aromatic heterocycles. The van der Waals surface area contributed by atoms with Crippen molar-refractivity contribution in [3.05, 3.63) is 0 Å². The van der Waals surface area contributed by atoms with Gasteiger partial charge < -0.3 is 31.3 Å². The smallest absolute Gasteiger partial charge is 0.315 e. The molecule has 260 valence electrons. The molecule has 12 heteroatoms. The van der Waals surface area contributed by atoms with Crippen LogP contribution in [0.4, 0.5) is 4.79 Å². The van der Waals surface area contributed by atoms with Gasteiger partial charge in [-0.15, -0.1) is 0 Å². The summed E-state index contributed by atoms with van der Waals surface area (Å²) in [5, 5.41) is 8.54. The van der Waals surface area contributed by atoms with Gasteiger partial charge in [-0.05, 0) is 61.2 Å². The van der Waals surface area contributed by atoms with Crippen LogP contribution < -0.4 is 21.7 Å². The molecule has 3 fully saturated rings. The molecule has 12 nitrogen and oxygen atoms in total. The molecular weight excluding hydrogens is 590 g/mol. The predicted octanol–water partition coefficient (Wildman–Crippen LogP) is 2.92. The minimum absolute atomic E-state index is 0.0417. The van der Waals surface area contributed by atoms with Crippen molar-refractivity contribution in [3.63, 3.8) is 0 Å². The molecule has 5 N–H and O–H groups in total. The topological polar surface area (TPSA) is 177 Å². The molecule has 1 aliphatic heterocycles. The van der Waals surface area contributed by atoms with Crippen molar-refractivity contribution < 1.29 is 33.5 Å². The van der Waals surface area contributed by atoms with E-state index in [1.807, 2.05) is 41.5 Å². The SMILES string of the molecule is CC(C)(C)C(=O)OC[C@H](NC(=O)N[C@H](C(=O)N1C[C@H]2[C@@H]([C@H]1C(=O)NC(CC1CCC1)C(=O)C(N)=O)C2(C)C)C(C)(C)C)C(C)(C)C. The summed E-state index contributed by atoms with van der Waals surface area (Å²) < 4.78 is 5.52. The second kappa shape index (κ2) is 13.1. The van der Waals surface area contributed by atoms with Crippen LogP contribution in [0.15, 0.2) is 0 Å². The maximum Gasteiger partial charge on any atom is 0.315 e. The van der Waals surface area contributed by atoms with Gasteiger partial charge in [0.1, 0.15) is 18.7 Å². The monoisotopic (exact) mass is 647 g/mol. The van der Waals surface area contributed by atoms with Crippen LogP contribution in [-0.4, -0.2) is 77.7 Å². The Morgan fingerprint density at radius 2 is 1.48 bits per heavy atom. The standard InChI is InChI=1S/C34H57N5O7/c1-31(2,3)21(17-46-29(44)33(7,8)9)37-30(45)38-25(32(4,5)6)28(43)39-16-19-22(34(19,10)11)23(39)27(42)36-20(24(40)26(35)41)15-18-13-12-14-18/h18-23,25H,12-17H2,1-11H3,(H2,35,41)(H,36,42)(H2,37,38,45)/t19-,20?,21-,22-,23-,25+/m0/s1. The van der Waals surface area contributed by atoms with E-state index in [1.54, 1.807) is 20.8 Å². The first kappa shape index (κ1) is 37.3. The summed E-state index contributed by atoms with van der Waals surface area (Å²) in [5.74, 6) is -3.07. The normalized spacial score (nSPS) is 24.4. The Labute approximate surface area is 274 Å². The average molecular weight is 648 g/mol. The predicted molar refractivity (Wildman–Crippen MR) is 173 cm³/mol. The van der Waals surface area contributed by atoms with E-state index in [1.165, 1.54) is 4.90 Å². The molecule has 6 atom stereocenters. The van der Waals surface area contributed by atoms with Gasteiger partial charge in [0.05, 0.1) is 17.5 Å². The zero-order valence-electron chi connectivity index (χ0n) is 29.7. The van der Waals surface area contributed by atoms with Crippen LogP contribution in [0.2, 0.25) is 0 Å². The van der Waals surface area contributed by atoms with Crippen molar-refractivity contribution in [1.29, 1.82) is 0 Å². The van der Waals surface area contributed by atoms with Crippen molar-refractivity contribution in [2.24, 2.45) is 45.1 Å². The number of Topliss-reactive ketones (excluding diaryl/α,β-unsaturated/α-hetero) is 1. The Hall–Kier alpha value is -3.18. The molecule has 2 saturated carbocycles. The van der Waals surface area contributed by atoms with Crippen LogP contribution in [-0.2, 0) is 28.7 Å². The summed E-state index contributed by atoms with van der Waals surface area (Å²) in [7, 11) is 0.